The number of aryl methyl sites for hydroxylation is 2. The molecule has 0 radical (unpaired) electrons. The first-order valence-corrected chi connectivity index (χ1v) is 7.02. The fraction of sp³-hybridized carbons (Fsp3) is 0.250. The lowest BCUT2D eigenvalue weighted by atomic mass is 10.1. The number of carbonyl (C=O) groups excluding carboxylic acids is 1. The van der Waals surface area contributed by atoms with Crippen LogP contribution in [0.2, 0.25) is 5.02 Å². The molecule has 0 spiro atoms. The molecule has 0 aliphatic carbocycles. The number of hydrogen-bond donors (Lipinski definition) is 1. The topological polar surface area (TPSA) is 70.8 Å². The summed E-state index contributed by atoms with van der Waals surface area (Å²) in [5.41, 5.74) is 2.42. The van der Waals surface area contributed by atoms with Crippen molar-refractivity contribution in [3.8, 4) is 0 Å². The van der Waals surface area contributed by atoms with Crippen LogP contribution in [0.5, 0.6) is 0 Å². The van der Waals surface area contributed by atoms with Crippen molar-refractivity contribution in [3.05, 3.63) is 51.9 Å². The molecule has 0 fully saturated rings. The standard InChI is InChI=1S/C16H16ClNO4/c1-9-4-5-11(6-12(9)17)18(3)16(21)15-10(2)8-22-13(15)7-14(19)20/h4-6,8H,7H2,1-3H3,(H,19,20). The van der Waals surface area contributed by atoms with Crippen molar-refractivity contribution in [2.45, 2.75) is 20.3 Å². The first-order chi connectivity index (χ1) is 10.3. The molecular weight excluding hydrogens is 306 g/mol. The molecule has 2 rings (SSSR count). The van der Waals surface area contributed by atoms with Gasteiger partial charge in [-0.25, -0.2) is 0 Å². The lowest BCUT2D eigenvalue weighted by Gasteiger charge is -2.18. The fourth-order valence-electron chi connectivity index (χ4n) is 2.13. The van der Waals surface area contributed by atoms with Gasteiger partial charge in [0.1, 0.15) is 12.2 Å². The minimum absolute atomic E-state index is 0.153. The number of furan rings is 1. The normalized spacial score (nSPS) is 10.5. The van der Waals surface area contributed by atoms with Crippen LogP contribution in [-0.4, -0.2) is 24.0 Å². The van der Waals surface area contributed by atoms with Gasteiger partial charge in [0.15, 0.2) is 0 Å². The van der Waals surface area contributed by atoms with Crippen LogP contribution in [0.3, 0.4) is 0 Å². The average Bonchev–Trinajstić information content (AvgIpc) is 2.80. The summed E-state index contributed by atoms with van der Waals surface area (Å²) in [5, 5.41) is 9.46. The predicted octanol–water partition coefficient (Wildman–Crippen LogP) is 3.45. The van der Waals surface area contributed by atoms with E-state index in [4.69, 9.17) is 21.1 Å². The van der Waals surface area contributed by atoms with Gasteiger partial charge in [0.2, 0.25) is 0 Å². The Morgan fingerprint density at radius 2 is 1.95 bits per heavy atom. The van der Waals surface area contributed by atoms with Gasteiger partial charge >= 0.3 is 5.97 Å². The highest BCUT2D eigenvalue weighted by Crippen LogP contribution is 2.26. The van der Waals surface area contributed by atoms with Crippen LogP contribution >= 0.6 is 11.6 Å². The van der Waals surface area contributed by atoms with E-state index in [2.05, 4.69) is 0 Å². The summed E-state index contributed by atoms with van der Waals surface area (Å²) in [6.45, 7) is 3.58. The van der Waals surface area contributed by atoms with Crippen molar-refractivity contribution in [1.29, 1.82) is 0 Å². The maximum Gasteiger partial charge on any atom is 0.311 e. The SMILES string of the molecule is Cc1ccc(N(C)C(=O)c2c(C)coc2CC(=O)O)cc1Cl. The Morgan fingerprint density at radius 3 is 2.55 bits per heavy atom. The van der Waals surface area contributed by atoms with Crippen LogP contribution in [0, 0.1) is 13.8 Å². The summed E-state index contributed by atoms with van der Waals surface area (Å²) in [6.07, 6.45) is 1.05. The zero-order valence-electron chi connectivity index (χ0n) is 12.5. The van der Waals surface area contributed by atoms with Crippen molar-refractivity contribution in [2.24, 2.45) is 0 Å². The Hall–Kier alpha value is -2.27. The van der Waals surface area contributed by atoms with Gasteiger partial charge in [-0.1, -0.05) is 17.7 Å². The van der Waals surface area contributed by atoms with E-state index >= 15 is 0 Å². The lowest BCUT2D eigenvalue weighted by molar-refractivity contribution is -0.136. The van der Waals surface area contributed by atoms with Gasteiger partial charge in [0, 0.05) is 23.3 Å². The molecular formula is C16H16ClNO4. The minimum atomic E-state index is -1.05. The monoisotopic (exact) mass is 321 g/mol. The molecule has 6 heteroatoms. The van der Waals surface area contributed by atoms with Crippen LogP contribution in [0.25, 0.3) is 0 Å². The van der Waals surface area contributed by atoms with Gasteiger partial charge < -0.3 is 14.4 Å². The number of carbonyl (C=O) groups is 2. The van der Waals surface area contributed by atoms with Gasteiger partial charge in [-0.15, -0.1) is 0 Å². The maximum absolute atomic E-state index is 12.7. The average molecular weight is 322 g/mol. The Bertz CT molecular complexity index is 736. The molecule has 1 aromatic carbocycles. The van der Waals surface area contributed by atoms with Crippen molar-refractivity contribution in [2.75, 3.05) is 11.9 Å². The summed E-state index contributed by atoms with van der Waals surface area (Å²) >= 11 is 6.08. The highest BCUT2D eigenvalue weighted by molar-refractivity contribution is 6.31. The summed E-state index contributed by atoms with van der Waals surface area (Å²) in [6, 6.07) is 5.30. The van der Waals surface area contributed by atoms with Crippen LogP contribution in [0.1, 0.15) is 27.2 Å². The molecule has 1 heterocycles. The minimum Gasteiger partial charge on any atom is -0.481 e. The van der Waals surface area contributed by atoms with Crippen LogP contribution in [0.4, 0.5) is 5.69 Å². The van der Waals surface area contributed by atoms with E-state index in [0.29, 0.717) is 16.3 Å². The molecule has 0 saturated carbocycles. The number of amides is 1. The second-order valence-corrected chi connectivity index (χ2v) is 5.49. The highest BCUT2D eigenvalue weighted by atomic mass is 35.5. The van der Waals surface area contributed by atoms with Crippen molar-refractivity contribution in [3.63, 3.8) is 0 Å². The van der Waals surface area contributed by atoms with Gasteiger partial charge in [0.05, 0.1) is 11.8 Å². The number of benzene rings is 1. The third-order valence-electron chi connectivity index (χ3n) is 3.42. The third-order valence-corrected chi connectivity index (χ3v) is 3.83. The van der Waals surface area contributed by atoms with E-state index in [1.165, 1.54) is 11.2 Å². The number of carboxylic acids is 1. The number of nitrogens with zero attached hydrogens (tertiary/aromatic N) is 1. The summed E-state index contributed by atoms with van der Waals surface area (Å²) in [7, 11) is 1.61. The van der Waals surface area contributed by atoms with Gasteiger partial charge in [-0.2, -0.15) is 0 Å². The van der Waals surface area contributed by atoms with E-state index in [1.807, 2.05) is 13.0 Å². The van der Waals surface area contributed by atoms with E-state index in [0.717, 1.165) is 5.56 Å². The third kappa shape index (κ3) is 3.14. The van der Waals surface area contributed by atoms with Crippen LogP contribution < -0.4 is 4.90 Å². The maximum atomic E-state index is 12.7. The van der Waals surface area contributed by atoms with E-state index in [-0.39, 0.29) is 23.7 Å². The summed E-state index contributed by atoms with van der Waals surface area (Å²) < 4.78 is 5.20. The Labute approximate surface area is 133 Å². The summed E-state index contributed by atoms with van der Waals surface area (Å²) in [5.74, 6) is -1.23. The number of aliphatic carboxylic acids is 1. The molecule has 2 aromatic rings. The van der Waals surface area contributed by atoms with E-state index in [9.17, 15) is 9.59 Å². The number of hydrogen-bond acceptors (Lipinski definition) is 3. The number of anilines is 1. The second kappa shape index (κ2) is 6.23. The molecule has 1 aromatic heterocycles. The molecule has 0 atom stereocenters. The van der Waals surface area contributed by atoms with Crippen molar-refractivity contribution in [1.82, 2.24) is 0 Å². The molecule has 22 heavy (non-hydrogen) atoms. The largest absolute Gasteiger partial charge is 0.481 e. The number of carboxylic acid groups (broad SMARTS) is 1. The lowest BCUT2D eigenvalue weighted by Crippen LogP contribution is -2.27. The number of rotatable bonds is 4. The first kappa shape index (κ1) is 16.1. The van der Waals surface area contributed by atoms with E-state index in [1.54, 1.807) is 26.1 Å². The zero-order chi connectivity index (χ0) is 16.4. The molecule has 0 aliphatic rings. The molecule has 0 unspecified atom stereocenters. The smallest absolute Gasteiger partial charge is 0.311 e. The molecule has 5 nitrogen and oxygen atoms in total. The molecule has 1 amide bonds. The van der Waals surface area contributed by atoms with Crippen molar-refractivity contribution < 1.29 is 19.1 Å². The molecule has 116 valence electrons. The Kier molecular flexibility index (Phi) is 4.56. The Morgan fingerprint density at radius 1 is 1.27 bits per heavy atom. The fourth-order valence-corrected chi connectivity index (χ4v) is 2.30. The van der Waals surface area contributed by atoms with Crippen LogP contribution in [-0.2, 0) is 11.2 Å². The van der Waals surface area contributed by atoms with E-state index < -0.39 is 5.97 Å². The number of halogens is 1. The van der Waals surface area contributed by atoms with Crippen molar-refractivity contribution >= 4 is 29.2 Å². The zero-order valence-corrected chi connectivity index (χ0v) is 13.3. The quantitative estimate of drug-likeness (QED) is 0.936. The first-order valence-electron chi connectivity index (χ1n) is 6.64. The van der Waals surface area contributed by atoms with Gasteiger partial charge in [-0.05, 0) is 31.5 Å². The van der Waals surface area contributed by atoms with Crippen LogP contribution in [0.15, 0.2) is 28.9 Å². The Balaban J connectivity index is 2.36. The molecule has 0 saturated heterocycles. The highest BCUT2D eigenvalue weighted by Gasteiger charge is 2.24. The second-order valence-electron chi connectivity index (χ2n) is 5.09. The molecule has 0 bridgehead atoms. The molecule has 1 N–H and O–H groups in total. The van der Waals surface area contributed by atoms with Gasteiger partial charge in [0.25, 0.3) is 5.91 Å². The van der Waals surface area contributed by atoms with Gasteiger partial charge in [-0.3, -0.25) is 9.59 Å². The molecule has 0 aliphatic heterocycles. The summed E-state index contributed by atoms with van der Waals surface area (Å²) in [4.78, 5) is 25.0. The predicted molar refractivity (Wildman–Crippen MR) is 83.7 cm³/mol.